The molecule has 0 spiro atoms. The van der Waals surface area contributed by atoms with E-state index in [0.717, 1.165) is 44.6 Å². The van der Waals surface area contributed by atoms with Gasteiger partial charge in [0, 0.05) is 32.7 Å². The van der Waals surface area contributed by atoms with Crippen LogP contribution in [0.4, 0.5) is 11.5 Å². The minimum absolute atomic E-state index is 0.160. The molecule has 1 aliphatic heterocycles. The maximum atomic E-state index is 12.8. The van der Waals surface area contributed by atoms with E-state index in [9.17, 15) is 13.2 Å². The monoisotopic (exact) mass is 431 g/mol. The largest absolute Gasteiger partial charge is 0.353 e. The first-order valence-corrected chi connectivity index (χ1v) is 11.7. The number of nitrogens with zero attached hydrogens (tertiary/aromatic N) is 2. The lowest BCUT2D eigenvalue weighted by molar-refractivity contribution is 0.0953. The molecule has 1 amide bonds. The molecular formula is C21H29N5O3S. The number of aryl methyl sites for hydroxylation is 1. The van der Waals surface area contributed by atoms with Crippen LogP contribution >= 0.6 is 0 Å². The molecular weight excluding hydrogens is 402 g/mol. The van der Waals surface area contributed by atoms with E-state index in [1.807, 2.05) is 11.8 Å². The molecule has 1 aromatic carbocycles. The molecule has 0 saturated carbocycles. The van der Waals surface area contributed by atoms with E-state index in [2.05, 4.69) is 27.3 Å². The van der Waals surface area contributed by atoms with Crippen LogP contribution in [0.3, 0.4) is 0 Å². The van der Waals surface area contributed by atoms with E-state index >= 15 is 0 Å². The average molecular weight is 432 g/mol. The van der Waals surface area contributed by atoms with Crippen molar-refractivity contribution < 1.29 is 13.2 Å². The molecule has 0 bridgehead atoms. The zero-order chi connectivity index (χ0) is 21.6. The molecule has 3 rings (SSSR count). The summed E-state index contributed by atoms with van der Waals surface area (Å²) in [5.74, 6) is 0.324. The van der Waals surface area contributed by atoms with Crippen LogP contribution in [0.15, 0.2) is 41.4 Å². The molecule has 1 aromatic heterocycles. The van der Waals surface area contributed by atoms with Gasteiger partial charge in [-0.2, -0.15) is 0 Å². The average Bonchev–Trinajstić information content (AvgIpc) is 2.74. The Balaban J connectivity index is 1.88. The summed E-state index contributed by atoms with van der Waals surface area (Å²) in [7, 11) is -3.78. The molecule has 0 aliphatic carbocycles. The predicted molar refractivity (Wildman–Crippen MR) is 119 cm³/mol. The van der Waals surface area contributed by atoms with Crippen molar-refractivity contribution >= 4 is 27.4 Å². The van der Waals surface area contributed by atoms with Crippen molar-refractivity contribution in [3.8, 4) is 0 Å². The summed E-state index contributed by atoms with van der Waals surface area (Å²) in [6.07, 6.45) is 3.31. The Morgan fingerprint density at radius 3 is 2.57 bits per heavy atom. The molecule has 3 N–H and O–H groups in total. The Bertz CT molecular complexity index is 971. The third kappa shape index (κ3) is 5.48. The Hall–Kier alpha value is -2.65. The summed E-state index contributed by atoms with van der Waals surface area (Å²) < 4.78 is 28.0. The number of pyridine rings is 1. The number of nitrogens with one attached hydrogen (secondary N) is 3. The van der Waals surface area contributed by atoms with Crippen molar-refractivity contribution in [2.24, 2.45) is 0 Å². The first kappa shape index (κ1) is 22.0. The van der Waals surface area contributed by atoms with E-state index in [-0.39, 0.29) is 16.5 Å². The standard InChI is InChI=1S/C21H29N5O3S/c1-3-4-9-23-21(27)19-14-17(15-24-20(19)26-12-10-22-11-13-26)25-30(28,29)18-7-5-16(2)6-8-18/h5-8,14-15,22,25H,3-4,9-13H2,1-2H3,(H,23,27). The van der Waals surface area contributed by atoms with E-state index in [4.69, 9.17) is 0 Å². The van der Waals surface area contributed by atoms with Crippen LogP contribution in [-0.2, 0) is 10.0 Å². The van der Waals surface area contributed by atoms with Crippen molar-refractivity contribution in [2.45, 2.75) is 31.6 Å². The molecule has 1 fully saturated rings. The highest BCUT2D eigenvalue weighted by Crippen LogP contribution is 2.24. The topological polar surface area (TPSA) is 103 Å². The Labute approximate surface area is 178 Å². The highest BCUT2D eigenvalue weighted by Gasteiger charge is 2.22. The Morgan fingerprint density at radius 1 is 1.20 bits per heavy atom. The fraction of sp³-hybridized carbons (Fsp3) is 0.429. The second-order valence-electron chi connectivity index (χ2n) is 7.36. The number of piperazine rings is 1. The molecule has 0 radical (unpaired) electrons. The summed E-state index contributed by atoms with van der Waals surface area (Å²) >= 11 is 0. The first-order chi connectivity index (χ1) is 14.4. The van der Waals surface area contributed by atoms with Crippen LogP contribution < -0.4 is 20.3 Å². The van der Waals surface area contributed by atoms with Crippen molar-refractivity contribution in [1.82, 2.24) is 15.6 Å². The van der Waals surface area contributed by atoms with Crippen molar-refractivity contribution in [3.05, 3.63) is 47.7 Å². The van der Waals surface area contributed by atoms with Gasteiger partial charge in [0.15, 0.2) is 0 Å². The minimum Gasteiger partial charge on any atom is -0.353 e. The number of aromatic nitrogens is 1. The van der Waals surface area contributed by atoms with Crippen molar-refractivity contribution in [3.63, 3.8) is 0 Å². The van der Waals surface area contributed by atoms with Crippen LogP contribution in [0.25, 0.3) is 0 Å². The number of anilines is 2. The second-order valence-corrected chi connectivity index (χ2v) is 9.04. The van der Waals surface area contributed by atoms with Gasteiger partial charge in [0.2, 0.25) is 0 Å². The van der Waals surface area contributed by atoms with E-state index in [0.29, 0.717) is 17.9 Å². The lowest BCUT2D eigenvalue weighted by atomic mass is 10.2. The van der Waals surface area contributed by atoms with Crippen molar-refractivity contribution in [1.29, 1.82) is 0 Å². The van der Waals surface area contributed by atoms with E-state index < -0.39 is 10.0 Å². The number of hydrogen-bond donors (Lipinski definition) is 3. The number of rotatable bonds is 8. The highest BCUT2D eigenvalue weighted by molar-refractivity contribution is 7.92. The Kier molecular flexibility index (Phi) is 7.28. The molecule has 9 heteroatoms. The third-order valence-electron chi connectivity index (χ3n) is 4.93. The zero-order valence-corrected chi connectivity index (χ0v) is 18.3. The fourth-order valence-corrected chi connectivity index (χ4v) is 4.25. The molecule has 0 atom stereocenters. The van der Waals surface area contributed by atoms with Crippen LogP contribution in [0.1, 0.15) is 35.7 Å². The molecule has 2 aromatic rings. The number of hydrogen-bond acceptors (Lipinski definition) is 6. The van der Waals surface area contributed by atoms with Gasteiger partial charge in [-0.15, -0.1) is 0 Å². The maximum absolute atomic E-state index is 12.8. The van der Waals surface area contributed by atoms with Gasteiger partial charge in [0.1, 0.15) is 5.82 Å². The number of benzene rings is 1. The predicted octanol–water partition coefficient (Wildman–Crippen LogP) is 2.13. The van der Waals surface area contributed by atoms with Gasteiger partial charge < -0.3 is 15.5 Å². The summed E-state index contributed by atoms with van der Waals surface area (Å²) in [6.45, 7) is 7.59. The number of unbranched alkanes of at least 4 members (excludes halogenated alkanes) is 1. The lowest BCUT2D eigenvalue weighted by Gasteiger charge is -2.30. The molecule has 2 heterocycles. The van der Waals surface area contributed by atoms with E-state index in [1.165, 1.54) is 6.20 Å². The number of carbonyl (C=O) groups is 1. The van der Waals surface area contributed by atoms with Crippen molar-refractivity contribution in [2.75, 3.05) is 42.3 Å². The van der Waals surface area contributed by atoms with Gasteiger partial charge in [-0.05, 0) is 31.5 Å². The van der Waals surface area contributed by atoms with Crippen LogP contribution in [-0.4, -0.2) is 52.0 Å². The highest BCUT2D eigenvalue weighted by atomic mass is 32.2. The SMILES string of the molecule is CCCCNC(=O)c1cc(NS(=O)(=O)c2ccc(C)cc2)cnc1N1CCNCC1. The lowest BCUT2D eigenvalue weighted by Crippen LogP contribution is -2.44. The molecule has 1 aliphatic rings. The smallest absolute Gasteiger partial charge is 0.261 e. The molecule has 8 nitrogen and oxygen atoms in total. The minimum atomic E-state index is -3.78. The maximum Gasteiger partial charge on any atom is 0.261 e. The molecule has 162 valence electrons. The number of sulfonamides is 1. The van der Waals surface area contributed by atoms with Gasteiger partial charge >= 0.3 is 0 Å². The van der Waals surface area contributed by atoms with Gasteiger partial charge in [0.05, 0.1) is 22.3 Å². The van der Waals surface area contributed by atoms with Gasteiger partial charge in [0.25, 0.3) is 15.9 Å². The van der Waals surface area contributed by atoms with Gasteiger partial charge in [-0.1, -0.05) is 31.0 Å². The second kappa shape index (κ2) is 9.90. The van der Waals surface area contributed by atoms with Gasteiger partial charge in [-0.25, -0.2) is 13.4 Å². The molecule has 30 heavy (non-hydrogen) atoms. The summed E-state index contributed by atoms with van der Waals surface area (Å²) in [4.78, 5) is 19.5. The number of amides is 1. The zero-order valence-electron chi connectivity index (χ0n) is 17.4. The normalized spacial score (nSPS) is 14.4. The summed E-state index contributed by atoms with van der Waals surface area (Å²) in [5, 5.41) is 6.19. The molecule has 0 unspecified atom stereocenters. The fourth-order valence-electron chi connectivity index (χ4n) is 3.21. The van der Waals surface area contributed by atoms with Crippen LogP contribution in [0.2, 0.25) is 0 Å². The third-order valence-corrected chi connectivity index (χ3v) is 6.32. The molecule has 1 saturated heterocycles. The van der Waals surface area contributed by atoms with Crippen LogP contribution in [0.5, 0.6) is 0 Å². The number of carbonyl (C=O) groups excluding carboxylic acids is 1. The van der Waals surface area contributed by atoms with Crippen LogP contribution in [0, 0.1) is 6.92 Å². The van der Waals surface area contributed by atoms with E-state index in [1.54, 1.807) is 30.3 Å². The first-order valence-electron chi connectivity index (χ1n) is 10.2. The van der Waals surface area contributed by atoms with Gasteiger partial charge in [-0.3, -0.25) is 9.52 Å². The summed E-state index contributed by atoms with van der Waals surface area (Å²) in [5.41, 5.74) is 1.61. The quantitative estimate of drug-likeness (QED) is 0.553. The Morgan fingerprint density at radius 2 is 1.90 bits per heavy atom. The summed E-state index contributed by atoms with van der Waals surface area (Å²) in [6, 6.07) is 8.16.